The minimum atomic E-state index is -0.219. The standard InChI is InChI=1S/C13H16Cl2N2O2.ClH/c14-10-2-1-3-11(15)12(10)13(18)16-4-5-17-6-8-19-9-7-17;/h1-3H,4-9H2,(H,16,18);1H. The van der Waals surface area contributed by atoms with Crippen molar-refractivity contribution in [2.24, 2.45) is 0 Å². The highest BCUT2D eigenvalue weighted by Gasteiger charge is 2.16. The predicted molar refractivity (Wildman–Crippen MR) is 75.2 cm³/mol. The second kappa shape index (κ2) is 8.70. The molecule has 2 N–H and O–H groups in total. The van der Waals surface area contributed by atoms with Crippen LogP contribution in [0.5, 0.6) is 0 Å². The van der Waals surface area contributed by atoms with Gasteiger partial charge >= 0.3 is 0 Å². The topological polar surface area (TPSA) is 42.8 Å². The van der Waals surface area contributed by atoms with E-state index < -0.39 is 0 Å². The van der Waals surface area contributed by atoms with Crippen LogP contribution < -0.4 is 22.6 Å². The number of carbonyl (C=O) groups is 1. The average Bonchev–Trinajstić information content (AvgIpc) is 2.40. The summed E-state index contributed by atoms with van der Waals surface area (Å²) in [5.74, 6) is -0.219. The number of morpholine rings is 1. The van der Waals surface area contributed by atoms with Crippen LogP contribution >= 0.6 is 23.2 Å². The Morgan fingerprint density at radius 3 is 2.45 bits per heavy atom. The van der Waals surface area contributed by atoms with Gasteiger partial charge in [-0.2, -0.15) is 0 Å². The van der Waals surface area contributed by atoms with E-state index in [0.29, 0.717) is 22.2 Å². The van der Waals surface area contributed by atoms with Gasteiger partial charge in [-0.25, -0.2) is 0 Å². The number of nitrogens with one attached hydrogen (secondary N) is 2. The van der Waals surface area contributed by atoms with Gasteiger partial charge in [-0.15, -0.1) is 0 Å². The summed E-state index contributed by atoms with van der Waals surface area (Å²) in [5, 5.41) is 3.62. The third-order valence-electron chi connectivity index (χ3n) is 3.15. The zero-order valence-corrected chi connectivity index (χ0v) is 13.2. The zero-order valence-electron chi connectivity index (χ0n) is 10.9. The Hall–Kier alpha value is -0.520. The highest BCUT2D eigenvalue weighted by atomic mass is 35.5. The first-order valence-electron chi connectivity index (χ1n) is 6.32. The molecule has 0 unspecified atom stereocenters. The number of quaternary nitrogens is 1. The van der Waals surface area contributed by atoms with Crippen molar-refractivity contribution in [1.29, 1.82) is 0 Å². The fourth-order valence-electron chi connectivity index (χ4n) is 2.07. The molecule has 0 radical (unpaired) electrons. The lowest BCUT2D eigenvalue weighted by atomic mass is 10.2. The van der Waals surface area contributed by atoms with Crippen LogP contribution in [0.15, 0.2) is 18.2 Å². The summed E-state index contributed by atoms with van der Waals surface area (Å²) in [7, 11) is 0. The number of amides is 1. The molecule has 0 bridgehead atoms. The van der Waals surface area contributed by atoms with Gasteiger partial charge in [0.15, 0.2) is 0 Å². The van der Waals surface area contributed by atoms with E-state index in [2.05, 4.69) is 5.32 Å². The molecule has 20 heavy (non-hydrogen) atoms. The van der Waals surface area contributed by atoms with Crippen molar-refractivity contribution in [2.45, 2.75) is 0 Å². The molecule has 1 aliphatic rings. The molecule has 0 saturated carbocycles. The lowest BCUT2D eigenvalue weighted by Gasteiger charge is -2.23. The molecule has 0 atom stereocenters. The lowest BCUT2D eigenvalue weighted by molar-refractivity contribution is -0.906. The number of hydrogen-bond acceptors (Lipinski definition) is 2. The minimum Gasteiger partial charge on any atom is -1.00 e. The molecular weight excluding hydrogens is 323 g/mol. The number of benzene rings is 1. The number of hydrogen-bond donors (Lipinski definition) is 2. The molecule has 2 rings (SSSR count). The number of carbonyl (C=O) groups excluding carboxylic acids is 1. The molecule has 1 aromatic rings. The largest absolute Gasteiger partial charge is 1.00 e. The highest BCUT2D eigenvalue weighted by molar-refractivity contribution is 6.39. The molecule has 0 aliphatic carbocycles. The van der Waals surface area contributed by atoms with E-state index in [1.165, 1.54) is 4.90 Å². The molecule has 1 aliphatic heterocycles. The molecule has 1 heterocycles. The molecule has 1 amide bonds. The first kappa shape index (κ1) is 17.5. The van der Waals surface area contributed by atoms with Crippen molar-refractivity contribution in [3.8, 4) is 0 Å². The summed E-state index contributed by atoms with van der Waals surface area (Å²) in [6, 6.07) is 5.05. The Kier molecular flexibility index (Phi) is 7.62. The monoisotopic (exact) mass is 338 g/mol. The van der Waals surface area contributed by atoms with E-state index in [1.54, 1.807) is 18.2 Å². The quantitative estimate of drug-likeness (QED) is 0.645. The van der Waals surface area contributed by atoms with Crippen LogP contribution in [0.2, 0.25) is 10.0 Å². The SMILES string of the molecule is O=C(NCC[NH+]1CCOCC1)c1c(Cl)cccc1Cl.[Cl-]. The maximum absolute atomic E-state index is 12.0. The van der Waals surface area contributed by atoms with Crippen molar-refractivity contribution < 1.29 is 26.8 Å². The average molecular weight is 340 g/mol. The van der Waals surface area contributed by atoms with E-state index in [4.69, 9.17) is 27.9 Å². The van der Waals surface area contributed by atoms with E-state index in [9.17, 15) is 4.79 Å². The Morgan fingerprint density at radius 2 is 1.85 bits per heavy atom. The number of halogens is 3. The van der Waals surface area contributed by atoms with Gasteiger partial charge in [0.25, 0.3) is 5.91 Å². The third kappa shape index (κ3) is 4.79. The van der Waals surface area contributed by atoms with Gasteiger partial charge in [0.05, 0.1) is 41.9 Å². The molecule has 4 nitrogen and oxygen atoms in total. The van der Waals surface area contributed by atoms with E-state index >= 15 is 0 Å². The molecule has 1 saturated heterocycles. The minimum absolute atomic E-state index is 0. The molecule has 1 aromatic carbocycles. The van der Waals surface area contributed by atoms with E-state index in [0.717, 1.165) is 32.8 Å². The summed E-state index contributed by atoms with van der Waals surface area (Å²) in [4.78, 5) is 13.5. The molecule has 7 heteroatoms. The lowest BCUT2D eigenvalue weighted by Crippen LogP contribution is -3.14. The molecule has 112 valence electrons. The highest BCUT2D eigenvalue weighted by Crippen LogP contribution is 2.23. The van der Waals surface area contributed by atoms with E-state index in [1.807, 2.05) is 0 Å². The normalized spacial score (nSPS) is 15.5. The molecule has 0 spiro atoms. The smallest absolute Gasteiger partial charge is 0.254 e. The third-order valence-corrected chi connectivity index (χ3v) is 3.78. The van der Waals surface area contributed by atoms with Crippen LogP contribution in [0.3, 0.4) is 0 Å². The molecule has 1 fully saturated rings. The summed E-state index contributed by atoms with van der Waals surface area (Å²) < 4.78 is 5.28. The van der Waals surface area contributed by atoms with Gasteiger partial charge in [-0.3, -0.25) is 4.79 Å². The van der Waals surface area contributed by atoms with Gasteiger partial charge in [0.1, 0.15) is 13.1 Å². The van der Waals surface area contributed by atoms with E-state index in [-0.39, 0.29) is 18.3 Å². The summed E-state index contributed by atoms with van der Waals surface area (Å²) in [6.07, 6.45) is 0. The number of ether oxygens (including phenoxy) is 1. The summed E-state index contributed by atoms with van der Waals surface area (Å²) in [5.41, 5.74) is 0.350. The summed E-state index contributed by atoms with van der Waals surface area (Å²) in [6.45, 7) is 5.05. The van der Waals surface area contributed by atoms with Crippen molar-refractivity contribution in [3.63, 3.8) is 0 Å². The summed E-state index contributed by atoms with van der Waals surface area (Å²) >= 11 is 12.0. The Morgan fingerprint density at radius 1 is 1.25 bits per heavy atom. The van der Waals surface area contributed by atoms with Crippen LogP contribution in [-0.4, -0.2) is 45.3 Å². The van der Waals surface area contributed by atoms with Crippen LogP contribution in [0.4, 0.5) is 0 Å². The zero-order chi connectivity index (χ0) is 13.7. The van der Waals surface area contributed by atoms with Crippen molar-refractivity contribution in [3.05, 3.63) is 33.8 Å². The fourth-order valence-corrected chi connectivity index (χ4v) is 2.64. The van der Waals surface area contributed by atoms with Gasteiger partial charge in [0, 0.05) is 0 Å². The maximum atomic E-state index is 12.0. The van der Waals surface area contributed by atoms with Gasteiger partial charge < -0.3 is 27.4 Å². The Labute approximate surface area is 134 Å². The van der Waals surface area contributed by atoms with Crippen molar-refractivity contribution >= 4 is 29.1 Å². The fraction of sp³-hybridized carbons (Fsp3) is 0.462. The molecular formula is C13H17Cl3N2O2. The molecule has 0 aromatic heterocycles. The van der Waals surface area contributed by atoms with Crippen LogP contribution in [0.1, 0.15) is 10.4 Å². The van der Waals surface area contributed by atoms with Gasteiger partial charge in [-0.05, 0) is 12.1 Å². The first-order chi connectivity index (χ1) is 9.18. The second-order valence-electron chi connectivity index (χ2n) is 4.46. The first-order valence-corrected chi connectivity index (χ1v) is 7.07. The Balaban J connectivity index is 0.00000200. The van der Waals surface area contributed by atoms with Gasteiger partial charge in [-0.1, -0.05) is 29.3 Å². The van der Waals surface area contributed by atoms with Gasteiger partial charge in [0.2, 0.25) is 0 Å². The predicted octanol–water partition coefficient (Wildman–Crippen LogP) is -2.36. The van der Waals surface area contributed by atoms with Crippen molar-refractivity contribution in [2.75, 3.05) is 39.4 Å². The van der Waals surface area contributed by atoms with Crippen LogP contribution in [0, 0.1) is 0 Å². The number of rotatable bonds is 4. The maximum Gasteiger partial charge on any atom is 0.254 e. The second-order valence-corrected chi connectivity index (χ2v) is 5.28. The Bertz CT molecular complexity index is 431. The van der Waals surface area contributed by atoms with Crippen LogP contribution in [0.25, 0.3) is 0 Å². The van der Waals surface area contributed by atoms with Crippen molar-refractivity contribution in [1.82, 2.24) is 5.32 Å². The van der Waals surface area contributed by atoms with Crippen LogP contribution in [-0.2, 0) is 4.74 Å².